The highest BCUT2D eigenvalue weighted by Gasteiger charge is 2.35. The number of fused-ring (bicyclic) bond motifs is 1. The van der Waals surface area contributed by atoms with Gasteiger partial charge in [0.1, 0.15) is 11.2 Å². The standard InChI is InChI=1S/C21H27FN6O3/c1-12(25-8-3-7-23)13-6-9-26(11-13)18-16(22)10-15-17(19(18)31-2)27(14-4-5-14)21(30)28(24)20(15)29/h10,12-14,25H,3-6,8-9,11,24H2,1-2H3. The predicted octanol–water partition coefficient (Wildman–Crippen LogP) is 1.08. The molecule has 2 aliphatic rings. The average Bonchev–Trinajstić information content (AvgIpc) is 3.47. The van der Waals surface area contributed by atoms with Crippen molar-refractivity contribution in [1.82, 2.24) is 14.6 Å². The van der Waals surface area contributed by atoms with Gasteiger partial charge in [0.25, 0.3) is 5.56 Å². The van der Waals surface area contributed by atoms with Crippen LogP contribution in [0.15, 0.2) is 15.7 Å². The molecular weight excluding hydrogens is 403 g/mol. The molecule has 1 aliphatic heterocycles. The molecule has 0 amide bonds. The number of nitriles is 1. The molecule has 0 radical (unpaired) electrons. The van der Waals surface area contributed by atoms with Crippen LogP contribution in [-0.4, -0.2) is 42.0 Å². The number of hydrogen-bond acceptors (Lipinski definition) is 7. The quantitative estimate of drug-likeness (QED) is 0.498. The van der Waals surface area contributed by atoms with Gasteiger partial charge in [-0.3, -0.25) is 9.36 Å². The highest BCUT2D eigenvalue weighted by molar-refractivity contribution is 5.91. The number of rotatable bonds is 7. The van der Waals surface area contributed by atoms with E-state index in [-0.39, 0.29) is 34.8 Å². The summed E-state index contributed by atoms with van der Waals surface area (Å²) in [6, 6.07) is 3.38. The third-order valence-corrected chi connectivity index (χ3v) is 6.35. The van der Waals surface area contributed by atoms with Gasteiger partial charge in [0.15, 0.2) is 11.6 Å². The molecule has 2 aromatic rings. The number of nitrogen functional groups attached to an aromatic ring is 1. The molecule has 1 saturated carbocycles. The summed E-state index contributed by atoms with van der Waals surface area (Å²) in [5.41, 5.74) is -0.785. The normalized spacial score (nSPS) is 19.5. The first-order valence-corrected chi connectivity index (χ1v) is 10.6. The maximum absolute atomic E-state index is 15.3. The van der Waals surface area contributed by atoms with E-state index in [9.17, 15) is 9.59 Å². The minimum Gasteiger partial charge on any atom is -0.492 e. The Bertz CT molecular complexity index is 1160. The number of methoxy groups -OCH3 is 1. The second-order valence-corrected chi connectivity index (χ2v) is 8.34. The second-order valence-electron chi connectivity index (χ2n) is 8.34. The molecular formula is C21H27FN6O3. The Morgan fingerprint density at radius 1 is 1.39 bits per heavy atom. The van der Waals surface area contributed by atoms with E-state index in [0.717, 1.165) is 19.3 Å². The molecule has 1 aromatic carbocycles. The molecule has 0 spiro atoms. The maximum atomic E-state index is 15.3. The van der Waals surface area contributed by atoms with Crippen molar-refractivity contribution in [3.63, 3.8) is 0 Å². The molecule has 10 heteroatoms. The Labute approximate surface area is 178 Å². The minimum atomic E-state index is -0.740. The largest absolute Gasteiger partial charge is 0.492 e. The first-order chi connectivity index (χ1) is 14.9. The van der Waals surface area contributed by atoms with E-state index in [0.29, 0.717) is 36.2 Å². The van der Waals surface area contributed by atoms with Gasteiger partial charge in [-0.2, -0.15) is 9.94 Å². The van der Waals surface area contributed by atoms with E-state index in [1.165, 1.54) is 17.7 Å². The van der Waals surface area contributed by atoms with Gasteiger partial charge in [0.2, 0.25) is 0 Å². The third kappa shape index (κ3) is 3.63. The van der Waals surface area contributed by atoms with E-state index < -0.39 is 17.1 Å². The van der Waals surface area contributed by atoms with Crippen molar-refractivity contribution >= 4 is 16.6 Å². The van der Waals surface area contributed by atoms with Crippen molar-refractivity contribution in [2.45, 2.75) is 44.7 Å². The molecule has 3 N–H and O–H groups in total. The van der Waals surface area contributed by atoms with Crippen LogP contribution in [0.4, 0.5) is 10.1 Å². The lowest BCUT2D eigenvalue weighted by molar-refractivity contribution is 0.402. The van der Waals surface area contributed by atoms with E-state index in [2.05, 4.69) is 18.3 Å². The van der Waals surface area contributed by atoms with Crippen molar-refractivity contribution < 1.29 is 9.13 Å². The predicted molar refractivity (Wildman–Crippen MR) is 115 cm³/mol. The Balaban J connectivity index is 1.78. The fraction of sp³-hybridized carbons (Fsp3) is 0.571. The number of benzene rings is 1. The van der Waals surface area contributed by atoms with Crippen LogP contribution in [0.5, 0.6) is 5.75 Å². The van der Waals surface area contributed by atoms with Gasteiger partial charge >= 0.3 is 5.69 Å². The van der Waals surface area contributed by atoms with Gasteiger partial charge in [-0.05, 0) is 38.2 Å². The van der Waals surface area contributed by atoms with Crippen LogP contribution in [0.1, 0.15) is 38.6 Å². The summed E-state index contributed by atoms with van der Waals surface area (Å²) in [6.07, 6.45) is 2.87. The zero-order chi connectivity index (χ0) is 22.3. The lowest BCUT2D eigenvalue weighted by Gasteiger charge is -2.25. The molecule has 4 rings (SSSR count). The van der Waals surface area contributed by atoms with Gasteiger partial charge < -0.3 is 20.8 Å². The lowest BCUT2D eigenvalue weighted by Crippen LogP contribution is -2.44. The van der Waals surface area contributed by atoms with E-state index in [4.69, 9.17) is 15.8 Å². The molecule has 2 heterocycles. The van der Waals surface area contributed by atoms with Crippen LogP contribution in [-0.2, 0) is 0 Å². The third-order valence-electron chi connectivity index (χ3n) is 6.35. The number of nitrogens with zero attached hydrogens (tertiary/aromatic N) is 4. The smallest absolute Gasteiger partial charge is 0.350 e. The Kier molecular flexibility index (Phi) is 5.62. The average molecular weight is 430 g/mol. The zero-order valence-corrected chi connectivity index (χ0v) is 17.7. The van der Waals surface area contributed by atoms with Crippen molar-refractivity contribution in [2.75, 3.05) is 37.5 Å². The SMILES string of the molecule is COc1c(N2CCC(C(C)NCCC#N)C2)c(F)cc2c(=O)n(N)c(=O)n(C3CC3)c12. The first-order valence-electron chi connectivity index (χ1n) is 10.6. The number of halogens is 1. The van der Waals surface area contributed by atoms with Crippen molar-refractivity contribution in [3.05, 3.63) is 32.7 Å². The van der Waals surface area contributed by atoms with E-state index >= 15 is 4.39 Å². The van der Waals surface area contributed by atoms with Crippen molar-refractivity contribution in [2.24, 2.45) is 5.92 Å². The second kappa shape index (κ2) is 8.23. The van der Waals surface area contributed by atoms with Gasteiger partial charge in [-0.1, -0.05) is 0 Å². The summed E-state index contributed by atoms with van der Waals surface area (Å²) in [5, 5.41) is 12.1. The molecule has 1 aromatic heterocycles. The van der Waals surface area contributed by atoms with Gasteiger partial charge in [-0.15, -0.1) is 0 Å². The lowest BCUT2D eigenvalue weighted by atomic mass is 10.0. The van der Waals surface area contributed by atoms with E-state index in [1.807, 2.05) is 4.90 Å². The zero-order valence-electron chi connectivity index (χ0n) is 17.7. The van der Waals surface area contributed by atoms with Gasteiger partial charge in [0.05, 0.1) is 18.6 Å². The topological polar surface area (TPSA) is 118 Å². The minimum absolute atomic E-state index is 0.0365. The number of nitrogens with two attached hydrogens (primary N) is 1. The molecule has 2 fully saturated rings. The van der Waals surface area contributed by atoms with Crippen LogP contribution in [0.3, 0.4) is 0 Å². The van der Waals surface area contributed by atoms with Crippen molar-refractivity contribution in [3.8, 4) is 11.8 Å². The molecule has 31 heavy (non-hydrogen) atoms. The van der Waals surface area contributed by atoms with Crippen LogP contribution >= 0.6 is 0 Å². The van der Waals surface area contributed by atoms with Crippen LogP contribution in [0.25, 0.3) is 10.9 Å². The Morgan fingerprint density at radius 3 is 2.77 bits per heavy atom. The molecule has 1 aliphatic carbocycles. The molecule has 2 unspecified atom stereocenters. The monoisotopic (exact) mass is 430 g/mol. The van der Waals surface area contributed by atoms with Crippen LogP contribution in [0, 0.1) is 23.1 Å². The summed E-state index contributed by atoms with van der Waals surface area (Å²) < 4.78 is 22.9. The van der Waals surface area contributed by atoms with Crippen molar-refractivity contribution in [1.29, 1.82) is 5.26 Å². The Morgan fingerprint density at radius 2 is 2.13 bits per heavy atom. The summed E-state index contributed by atoms with van der Waals surface area (Å²) in [5.74, 6) is 5.57. The number of ether oxygens (including phenoxy) is 1. The number of nitrogens with one attached hydrogen (secondary N) is 1. The molecule has 9 nitrogen and oxygen atoms in total. The number of anilines is 1. The van der Waals surface area contributed by atoms with Gasteiger partial charge in [0, 0.05) is 38.1 Å². The Hall–Kier alpha value is -3.06. The van der Waals surface area contributed by atoms with Crippen LogP contribution in [0.2, 0.25) is 0 Å². The summed E-state index contributed by atoms with van der Waals surface area (Å²) in [7, 11) is 1.42. The molecule has 1 saturated heterocycles. The van der Waals surface area contributed by atoms with Crippen LogP contribution < -0.4 is 32.0 Å². The highest BCUT2D eigenvalue weighted by atomic mass is 19.1. The molecule has 166 valence electrons. The van der Waals surface area contributed by atoms with E-state index in [1.54, 1.807) is 0 Å². The first kappa shape index (κ1) is 21.2. The fourth-order valence-corrected chi connectivity index (χ4v) is 4.52. The fourth-order valence-electron chi connectivity index (χ4n) is 4.52. The highest BCUT2D eigenvalue weighted by Crippen LogP contribution is 2.43. The molecule has 2 atom stereocenters. The summed E-state index contributed by atoms with van der Waals surface area (Å²) >= 11 is 0. The number of aromatic nitrogens is 2. The van der Waals surface area contributed by atoms with Gasteiger partial charge in [-0.25, -0.2) is 9.18 Å². The number of hydrogen-bond donors (Lipinski definition) is 2. The maximum Gasteiger partial charge on any atom is 0.350 e. The summed E-state index contributed by atoms with van der Waals surface area (Å²) in [4.78, 5) is 27.3. The molecule has 0 bridgehead atoms. The summed E-state index contributed by atoms with van der Waals surface area (Å²) in [6.45, 7) is 3.89.